The zero-order valence-corrected chi connectivity index (χ0v) is 13.7. The number of ether oxygens (including phenoxy) is 2. The van der Waals surface area contributed by atoms with Crippen LogP contribution in [0.4, 0.5) is 5.69 Å². The van der Waals surface area contributed by atoms with Crippen molar-refractivity contribution in [1.29, 1.82) is 0 Å². The Labute approximate surface area is 141 Å². The molecule has 24 heavy (non-hydrogen) atoms. The van der Waals surface area contributed by atoms with Crippen LogP contribution in [0.15, 0.2) is 36.7 Å². The number of amides is 1. The average molecular weight is 327 g/mol. The fraction of sp³-hybridized carbons (Fsp3) is 0.333. The van der Waals surface area contributed by atoms with Gasteiger partial charge in [-0.25, -0.2) is 0 Å². The van der Waals surface area contributed by atoms with E-state index in [0.717, 1.165) is 24.2 Å². The lowest BCUT2D eigenvalue weighted by molar-refractivity contribution is 0.0951. The molecule has 0 radical (unpaired) electrons. The molecule has 0 atom stereocenters. The summed E-state index contributed by atoms with van der Waals surface area (Å²) in [5.74, 6) is 1.25. The highest BCUT2D eigenvalue weighted by Gasteiger charge is 2.17. The van der Waals surface area contributed by atoms with E-state index in [1.54, 1.807) is 18.5 Å². The van der Waals surface area contributed by atoms with Crippen molar-refractivity contribution in [2.75, 3.05) is 31.6 Å². The Hall–Kier alpha value is -2.76. The Balaban J connectivity index is 1.48. The molecule has 2 heterocycles. The molecule has 1 aliphatic heterocycles. The summed E-state index contributed by atoms with van der Waals surface area (Å²) in [4.78, 5) is 16.4. The fourth-order valence-corrected chi connectivity index (χ4v) is 2.52. The van der Waals surface area contributed by atoms with Crippen molar-refractivity contribution in [3.05, 3.63) is 47.8 Å². The lowest BCUT2D eigenvalue weighted by atomic mass is 10.1. The number of carbonyl (C=O) groups is 1. The monoisotopic (exact) mass is 327 g/mol. The van der Waals surface area contributed by atoms with E-state index < -0.39 is 0 Å². The topological polar surface area (TPSA) is 72.5 Å². The van der Waals surface area contributed by atoms with E-state index in [4.69, 9.17) is 9.47 Å². The van der Waals surface area contributed by atoms with Gasteiger partial charge < -0.3 is 20.1 Å². The van der Waals surface area contributed by atoms with E-state index in [1.807, 2.05) is 25.1 Å². The normalized spacial score (nSPS) is 12.5. The average Bonchev–Trinajstić information content (AvgIpc) is 2.61. The number of pyridine rings is 1. The molecule has 0 saturated carbocycles. The van der Waals surface area contributed by atoms with Crippen LogP contribution in [0.3, 0.4) is 0 Å². The Morgan fingerprint density at radius 2 is 2.00 bits per heavy atom. The van der Waals surface area contributed by atoms with Crippen LogP contribution in [-0.4, -0.2) is 37.2 Å². The molecule has 3 rings (SSSR count). The van der Waals surface area contributed by atoms with Crippen LogP contribution in [0.5, 0.6) is 11.5 Å². The predicted octanol–water partition coefficient (Wildman–Crippen LogP) is 2.39. The van der Waals surface area contributed by atoms with Crippen molar-refractivity contribution in [2.24, 2.45) is 0 Å². The molecular weight excluding hydrogens is 306 g/mol. The minimum absolute atomic E-state index is 0.0918. The van der Waals surface area contributed by atoms with Crippen molar-refractivity contribution in [3.8, 4) is 11.5 Å². The van der Waals surface area contributed by atoms with E-state index in [9.17, 15) is 4.79 Å². The number of nitrogens with one attached hydrogen (secondary N) is 2. The van der Waals surface area contributed by atoms with Crippen LogP contribution in [0, 0.1) is 6.92 Å². The van der Waals surface area contributed by atoms with Crippen molar-refractivity contribution in [3.63, 3.8) is 0 Å². The summed E-state index contributed by atoms with van der Waals surface area (Å²) in [6.45, 7) is 4.32. The molecule has 0 unspecified atom stereocenters. The van der Waals surface area contributed by atoms with Gasteiger partial charge in [-0.3, -0.25) is 9.78 Å². The van der Waals surface area contributed by atoms with Gasteiger partial charge in [0.2, 0.25) is 0 Å². The highest BCUT2D eigenvalue weighted by molar-refractivity contribution is 5.96. The lowest BCUT2D eigenvalue weighted by Gasteiger charge is -2.20. The maximum Gasteiger partial charge on any atom is 0.251 e. The van der Waals surface area contributed by atoms with Crippen LogP contribution < -0.4 is 20.1 Å². The van der Waals surface area contributed by atoms with Gasteiger partial charge in [-0.15, -0.1) is 0 Å². The molecule has 1 aromatic heterocycles. The predicted molar refractivity (Wildman–Crippen MR) is 91.8 cm³/mol. The summed E-state index contributed by atoms with van der Waals surface area (Å²) in [6, 6.07) is 7.46. The Morgan fingerprint density at radius 1 is 1.21 bits per heavy atom. The third kappa shape index (κ3) is 3.95. The molecule has 6 nitrogen and oxygen atoms in total. The third-order valence-electron chi connectivity index (χ3n) is 3.76. The summed E-state index contributed by atoms with van der Waals surface area (Å²) in [5, 5.41) is 6.20. The SMILES string of the molecule is Cc1cc2c(cc1C(=O)NCCCNc1cccnc1)OCCO2. The van der Waals surface area contributed by atoms with Crippen molar-refractivity contribution < 1.29 is 14.3 Å². The third-order valence-corrected chi connectivity index (χ3v) is 3.76. The maximum atomic E-state index is 12.3. The zero-order valence-electron chi connectivity index (χ0n) is 13.7. The van der Waals surface area contributed by atoms with Crippen LogP contribution in [0.25, 0.3) is 0 Å². The summed E-state index contributed by atoms with van der Waals surface area (Å²) in [7, 11) is 0. The number of nitrogens with zero attached hydrogens (tertiary/aromatic N) is 1. The maximum absolute atomic E-state index is 12.3. The number of hydrogen-bond acceptors (Lipinski definition) is 5. The quantitative estimate of drug-likeness (QED) is 0.797. The van der Waals surface area contributed by atoms with Gasteiger partial charge in [0.1, 0.15) is 13.2 Å². The minimum Gasteiger partial charge on any atom is -0.486 e. The number of benzene rings is 1. The van der Waals surface area contributed by atoms with E-state index >= 15 is 0 Å². The number of aryl methyl sites for hydroxylation is 1. The summed E-state index contributed by atoms with van der Waals surface area (Å²) < 4.78 is 11.1. The molecule has 0 spiro atoms. The number of anilines is 1. The van der Waals surface area contributed by atoms with E-state index in [2.05, 4.69) is 15.6 Å². The van der Waals surface area contributed by atoms with Gasteiger partial charge in [0.25, 0.3) is 5.91 Å². The van der Waals surface area contributed by atoms with Crippen molar-refractivity contribution in [2.45, 2.75) is 13.3 Å². The molecule has 1 aromatic carbocycles. The fourth-order valence-electron chi connectivity index (χ4n) is 2.52. The van der Waals surface area contributed by atoms with Crippen LogP contribution in [0.1, 0.15) is 22.3 Å². The van der Waals surface area contributed by atoms with Crippen LogP contribution in [-0.2, 0) is 0 Å². The van der Waals surface area contributed by atoms with Gasteiger partial charge in [0, 0.05) is 31.0 Å². The smallest absolute Gasteiger partial charge is 0.251 e. The molecular formula is C18H21N3O3. The molecule has 0 aliphatic carbocycles. The Bertz CT molecular complexity index is 704. The van der Waals surface area contributed by atoms with Crippen molar-refractivity contribution >= 4 is 11.6 Å². The Kier molecular flexibility index (Phi) is 5.15. The zero-order chi connectivity index (χ0) is 16.8. The largest absolute Gasteiger partial charge is 0.486 e. The first-order valence-corrected chi connectivity index (χ1v) is 8.06. The second kappa shape index (κ2) is 7.68. The van der Waals surface area contributed by atoms with E-state index in [0.29, 0.717) is 36.8 Å². The molecule has 0 saturated heterocycles. The van der Waals surface area contributed by atoms with E-state index in [-0.39, 0.29) is 5.91 Å². The summed E-state index contributed by atoms with van der Waals surface area (Å²) in [5.41, 5.74) is 2.48. The van der Waals surface area contributed by atoms with Gasteiger partial charge in [0.05, 0.1) is 5.69 Å². The van der Waals surface area contributed by atoms with Gasteiger partial charge >= 0.3 is 0 Å². The Morgan fingerprint density at radius 3 is 2.75 bits per heavy atom. The standard InChI is InChI=1S/C18H21N3O3/c1-13-10-16-17(24-9-8-23-16)11-15(13)18(22)21-7-3-6-20-14-4-2-5-19-12-14/h2,4-5,10-12,20H,3,6-9H2,1H3,(H,21,22). The van der Waals surface area contributed by atoms with Crippen molar-refractivity contribution in [1.82, 2.24) is 10.3 Å². The second-order valence-electron chi connectivity index (χ2n) is 5.59. The number of fused-ring (bicyclic) bond motifs is 1. The lowest BCUT2D eigenvalue weighted by Crippen LogP contribution is -2.27. The van der Waals surface area contributed by atoms with Gasteiger partial charge in [-0.05, 0) is 43.2 Å². The minimum atomic E-state index is -0.0918. The van der Waals surface area contributed by atoms with Gasteiger partial charge in [-0.1, -0.05) is 0 Å². The molecule has 0 bridgehead atoms. The first-order chi connectivity index (χ1) is 11.7. The van der Waals surface area contributed by atoms with Gasteiger partial charge in [0.15, 0.2) is 11.5 Å². The summed E-state index contributed by atoms with van der Waals surface area (Å²) in [6.07, 6.45) is 4.34. The van der Waals surface area contributed by atoms with Crippen LogP contribution in [0.2, 0.25) is 0 Å². The molecule has 1 aliphatic rings. The molecule has 6 heteroatoms. The highest BCUT2D eigenvalue weighted by atomic mass is 16.6. The molecule has 2 aromatic rings. The summed E-state index contributed by atoms with van der Waals surface area (Å²) >= 11 is 0. The molecule has 0 fully saturated rings. The first-order valence-electron chi connectivity index (χ1n) is 8.06. The molecule has 2 N–H and O–H groups in total. The van der Waals surface area contributed by atoms with Gasteiger partial charge in [-0.2, -0.15) is 0 Å². The molecule has 126 valence electrons. The number of aromatic nitrogens is 1. The highest BCUT2D eigenvalue weighted by Crippen LogP contribution is 2.32. The number of rotatable bonds is 6. The molecule has 1 amide bonds. The number of carbonyl (C=O) groups excluding carboxylic acids is 1. The number of hydrogen-bond donors (Lipinski definition) is 2. The van der Waals surface area contributed by atoms with E-state index in [1.165, 1.54) is 0 Å². The second-order valence-corrected chi connectivity index (χ2v) is 5.59. The van der Waals surface area contributed by atoms with Crippen LogP contribution >= 0.6 is 0 Å². The first kappa shape index (κ1) is 16.1.